The summed E-state index contributed by atoms with van der Waals surface area (Å²) < 4.78 is 54.7. The molecule has 10 heteroatoms. The highest BCUT2D eigenvalue weighted by Crippen LogP contribution is 2.27. The number of benzene rings is 3. The number of halogens is 2. The van der Waals surface area contributed by atoms with Crippen LogP contribution in [0, 0.1) is 6.92 Å². The van der Waals surface area contributed by atoms with Gasteiger partial charge in [0.15, 0.2) is 0 Å². The summed E-state index contributed by atoms with van der Waals surface area (Å²) in [6.07, 6.45) is 0. The summed E-state index contributed by atoms with van der Waals surface area (Å²) in [6, 6.07) is 16.1. The number of aryl methyl sites for hydroxylation is 1. The zero-order chi connectivity index (χ0) is 21.2. The van der Waals surface area contributed by atoms with E-state index < -0.39 is 20.0 Å². The molecule has 3 aromatic rings. The highest BCUT2D eigenvalue weighted by Gasteiger charge is 2.17. The maximum atomic E-state index is 12.5. The van der Waals surface area contributed by atoms with E-state index in [1.807, 2.05) is 6.92 Å². The van der Waals surface area contributed by atoms with E-state index in [9.17, 15) is 16.8 Å². The summed E-state index contributed by atoms with van der Waals surface area (Å²) in [6.45, 7) is 1.86. The Kier molecular flexibility index (Phi) is 6.09. The molecule has 0 amide bonds. The Balaban J connectivity index is 1.78. The second-order valence-electron chi connectivity index (χ2n) is 6.18. The minimum absolute atomic E-state index is 0.0399. The normalized spacial score (nSPS) is 11.8. The van der Waals surface area contributed by atoms with Crippen molar-refractivity contribution in [3.63, 3.8) is 0 Å². The minimum Gasteiger partial charge on any atom is -0.280 e. The summed E-state index contributed by atoms with van der Waals surface area (Å²) in [5.41, 5.74) is 1.43. The van der Waals surface area contributed by atoms with Crippen LogP contribution in [-0.2, 0) is 20.0 Å². The predicted octanol–water partition coefficient (Wildman–Crippen LogP) is 4.90. The summed E-state index contributed by atoms with van der Waals surface area (Å²) in [7, 11) is -7.67. The van der Waals surface area contributed by atoms with E-state index in [-0.39, 0.29) is 26.2 Å². The standard InChI is InChI=1S/C19H16Cl2N2O4S2/c1-13-2-7-16(8-3-13)28(24,25)22-14-4-9-17(10-5-14)29(26,27)23-15-6-11-18(20)19(21)12-15/h2-12,22-23H,1H3. The summed E-state index contributed by atoms with van der Waals surface area (Å²) in [5.74, 6) is 0. The molecule has 0 aliphatic carbocycles. The molecule has 6 nitrogen and oxygen atoms in total. The van der Waals surface area contributed by atoms with Crippen LogP contribution in [0.3, 0.4) is 0 Å². The van der Waals surface area contributed by atoms with Crippen molar-refractivity contribution in [2.45, 2.75) is 16.7 Å². The van der Waals surface area contributed by atoms with Gasteiger partial charge < -0.3 is 0 Å². The second kappa shape index (κ2) is 8.23. The number of hydrogen-bond donors (Lipinski definition) is 2. The van der Waals surface area contributed by atoms with Crippen LogP contribution in [0.15, 0.2) is 76.5 Å². The topological polar surface area (TPSA) is 92.3 Å². The molecular formula is C19H16Cl2N2O4S2. The average molecular weight is 471 g/mol. The molecule has 0 saturated heterocycles. The van der Waals surface area contributed by atoms with Crippen molar-refractivity contribution in [3.8, 4) is 0 Å². The number of sulfonamides is 2. The SMILES string of the molecule is Cc1ccc(S(=O)(=O)Nc2ccc(S(=O)(=O)Nc3ccc(Cl)c(Cl)c3)cc2)cc1. The third kappa shape index (κ3) is 5.22. The van der Waals surface area contributed by atoms with Crippen LogP contribution < -0.4 is 9.44 Å². The molecule has 0 aliphatic heterocycles. The van der Waals surface area contributed by atoms with Crippen molar-refractivity contribution in [2.24, 2.45) is 0 Å². The van der Waals surface area contributed by atoms with E-state index in [0.717, 1.165) is 5.56 Å². The lowest BCUT2D eigenvalue weighted by atomic mass is 10.2. The largest absolute Gasteiger partial charge is 0.280 e. The molecule has 2 N–H and O–H groups in total. The maximum absolute atomic E-state index is 12.5. The van der Waals surface area contributed by atoms with Crippen LogP contribution in [0.5, 0.6) is 0 Å². The summed E-state index contributed by atoms with van der Waals surface area (Å²) in [4.78, 5) is 0.0722. The van der Waals surface area contributed by atoms with Gasteiger partial charge in [-0.15, -0.1) is 0 Å². The van der Waals surface area contributed by atoms with Gasteiger partial charge >= 0.3 is 0 Å². The van der Waals surface area contributed by atoms with Crippen LogP contribution in [-0.4, -0.2) is 16.8 Å². The van der Waals surface area contributed by atoms with Gasteiger partial charge in [0.25, 0.3) is 20.0 Å². The van der Waals surface area contributed by atoms with Gasteiger partial charge in [0.2, 0.25) is 0 Å². The van der Waals surface area contributed by atoms with Gasteiger partial charge in [0.1, 0.15) is 0 Å². The third-order valence-corrected chi connectivity index (χ3v) is 7.45. The van der Waals surface area contributed by atoms with E-state index in [0.29, 0.717) is 5.02 Å². The monoisotopic (exact) mass is 470 g/mol. The van der Waals surface area contributed by atoms with Crippen LogP contribution >= 0.6 is 23.2 Å². The van der Waals surface area contributed by atoms with Crippen molar-refractivity contribution in [3.05, 3.63) is 82.3 Å². The predicted molar refractivity (Wildman–Crippen MR) is 116 cm³/mol. The number of nitrogens with one attached hydrogen (secondary N) is 2. The first kappa shape index (κ1) is 21.4. The summed E-state index contributed by atoms with van der Waals surface area (Å²) in [5, 5.41) is 0.521. The second-order valence-corrected chi connectivity index (χ2v) is 10.4. The molecule has 3 rings (SSSR count). The average Bonchev–Trinajstić information content (AvgIpc) is 2.65. The van der Waals surface area contributed by atoms with Crippen molar-refractivity contribution < 1.29 is 16.8 Å². The Morgan fingerprint density at radius 1 is 0.621 bits per heavy atom. The highest BCUT2D eigenvalue weighted by molar-refractivity contribution is 7.93. The van der Waals surface area contributed by atoms with Gasteiger partial charge in [-0.05, 0) is 61.5 Å². The van der Waals surface area contributed by atoms with E-state index in [2.05, 4.69) is 9.44 Å². The fourth-order valence-electron chi connectivity index (χ4n) is 2.41. The molecule has 0 heterocycles. The van der Waals surface area contributed by atoms with Crippen LogP contribution in [0.4, 0.5) is 11.4 Å². The molecule has 0 atom stereocenters. The zero-order valence-electron chi connectivity index (χ0n) is 15.1. The fraction of sp³-hybridized carbons (Fsp3) is 0.0526. The Hall–Kier alpha value is -2.26. The van der Waals surface area contributed by atoms with Crippen molar-refractivity contribution >= 4 is 54.6 Å². The molecule has 0 bridgehead atoms. The first-order chi connectivity index (χ1) is 13.6. The van der Waals surface area contributed by atoms with Crippen LogP contribution in [0.1, 0.15) is 5.56 Å². The maximum Gasteiger partial charge on any atom is 0.261 e. The van der Waals surface area contributed by atoms with E-state index in [4.69, 9.17) is 23.2 Å². The Labute approximate surface area is 179 Å². The van der Waals surface area contributed by atoms with Gasteiger partial charge in [-0.2, -0.15) is 0 Å². The van der Waals surface area contributed by atoms with Gasteiger partial charge in [-0.3, -0.25) is 9.44 Å². The lowest BCUT2D eigenvalue weighted by Gasteiger charge is -2.11. The van der Waals surface area contributed by atoms with Gasteiger partial charge in [0, 0.05) is 5.69 Å². The molecule has 0 radical (unpaired) electrons. The number of anilines is 2. The molecule has 0 fully saturated rings. The quantitative estimate of drug-likeness (QED) is 0.535. The Morgan fingerprint density at radius 2 is 1.07 bits per heavy atom. The molecule has 29 heavy (non-hydrogen) atoms. The summed E-state index contributed by atoms with van der Waals surface area (Å²) >= 11 is 11.7. The molecule has 0 unspecified atom stereocenters. The first-order valence-electron chi connectivity index (χ1n) is 8.24. The number of hydrogen-bond acceptors (Lipinski definition) is 4. The first-order valence-corrected chi connectivity index (χ1v) is 12.0. The fourth-order valence-corrected chi connectivity index (χ4v) is 4.81. The zero-order valence-corrected chi connectivity index (χ0v) is 18.2. The van der Waals surface area contributed by atoms with Crippen molar-refractivity contribution in [1.29, 1.82) is 0 Å². The highest BCUT2D eigenvalue weighted by atomic mass is 35.5. The molecule has 0 saturated carbocycles. The van der Waals surface area contributed by atoms with Crippen LogP contribution in [0.2, 0.25) is 10.0 Å². The molecule has 0 spiro atoms. The molecular weight excluding hydrogens is 455 g/mol. The number of rotatable bonds is 6. The van der Waals surface area contributed by atoms with Crippen molar-refractivity contribution in [2.75, 3.05) is 9.44 Å². The molecule has 3 aromatic carbocycles. The molecule has 0 aromatic heterocycles. The lowest BCUT2D eigenvalue weighted by Crippen LogP contribution is -2.14. The Bertz CT molecular complexity index is 1240. The van der Waals surface area contributed by atoms with Crippen LogP contribution in [0.25, 0.3) is 0 Å². The Morgan fingerprint density at radius 3 is 1.59 bits per heavy atom. The third-order valence-electron chi connectivity index (χ3n) is 3.92. The van der Waals surface area contributed by atoms with Gasteiger partial charge in [-0.25, -0.2) is 16.8 Å². The van der Waals surface area contributed by atoms with Crippen molar-refractivity contribution in [1.82, 2.24) is 0 Å². The van der Waals surface area contributed by atoms with E-state index in [1.54, 1.807) is 12.1 Å². The molecule has 0 aliphatic rings. The van der Waals surface area contributed by atoms with E-state index >= 15 is 0 Å². The smallest absolute Gasteiger partial charge is 0.261 e. The minimum atomic E-state index is -3.89. The van der Waals surface area contributed by atoms with E-state index in [1.165, 1.54) is 54.6 Å². The molecule has 152 valence electrons. The lowest BCUT2D eigenvalue weighted by molar-refractivity contribution is 0.600. The van der Waals surface area contributed by atoms with Gasteiger partial charge in [0.05, 0.1) is 25.5 Å². The van der Waals surface area contributed by atoms with Gasteiger partial charge in [-0.1, -0.05) is 40.9 Å².